The highest BCUT2D eigenvalue weighted by molar-refractivity contribution is 9.10. The maximum absolute atomic E-state index is 12.5. The molecule has 0 fully saturated rings. The number of benzene rings is 2. The Labute approximate surface area is 125 Å². The first-order valence-electron chi connectivity index (χ1n) is 6.50. The van der Waals surface area contributed by atoms with Gasteiger partial charge in [-0.2, -0.15) is 0 Å². The van der Waals surface area contributed by atoms with Gasteiger partial charge in [0, 0.05) is 15.6 Å². The second-order valence-corrected chi connectivity index (χ2v) is 6.07. The molecule has 2 aromatic rings. The Morgan fingerprint density at radius 2 is 1.85 bits per heavy atom. The number of ketones is 2. The third-order valence-electron chi connectivity index (χ3n) is 3.73. The molecule has 0 radical (unpaired) electrons. The van der Waals surface area contributed by atoms with E-state index < -0.39 is 5.92 Å². The van der Waals surface area contributed by atoms with Crippen molar-refractivity contribution in [3.8, 4) is 0 Å². The summed E-state index contributed by atoms with van der Waals surface area (Å²) in [4.78, 5) is 24.8. The molecular weight excluding hydrogens is 316 g/mol. The highest BCUT2D eigenvalue weighted by atomic mass is 79.9. The van der Waals surface area contributed by atoms with Gasteiger partial charge < -0.3 is 0 Å². The Hall–Kier alpha value is -1.74. The van der Waals surface area contributed by atoms with Gasteiger partial charge in [-0.15, -0.1) is 0 Å². The first-order chi connectivity index (χ1) is 9.56. The Balaban J connectivity index is 1.92. The van der Waals surface area contributed by atoms with Crippen LogP contribution in [0.3, 0.4) is 0 Å². The molecule has 0 heterocycles. The number of carbonyl (C=O) groups is 2. The molecule has 2 aromatic carbocycles. The lowest BCUT2D eigenvalue weighted by Crippen LogP contribution is -2.20. The standard InChI is InChI=1S/C17H13BrO2/c1-10-2-4-11(5-3-10)16(19)15-9-12-8-13(18)6-7-14(12)17(15)20/h2-8,15H,9H2,1H3. The molecule has 1 unspecified atom stereocenters. The van der Waals surface area contributed by atoms with Crippen LogP contribution in [0.2, 0.25) is 0 Å². The van der Waals surface area contributed by atoms with E-state index in [0.717, 1.165) is 15.6 Å². The highest BCUT2D eigenvalue weighted by Gasteiger charge is 2.36. The number of hydrogen-bond donors (Lipinski definition) is 0. The first kappa shape index (κ1) is 13.3. The predicted octanol–water partition coefficient (Wildman–Crippen LogP) is 4.00. The number of Topliss-reactive ketones (excluding diaryl/α,β-unsaturated/α-hetero) is 2. The van der Waals surface area contributed by atoms with Crippen LogP contribution in [0.5, 0.6) is 0 Å². The third kappa shape index (κ3) is 2.22. The Morgan fingerprint density at radius 3 is 2.55 bits per heavy atom. The van der Waals surface area contributed by atoms with Crippen LogP contribution in [0.1, 0.15) is 31.8 Å². The van der Waals surface area contributed by atoms with Gasteiger partial charge in [-0.3, -0.25) is 9.59 Å². The zero-order valence-corrected chi connectivity index (χ0v) is 12.6. The van der Waals surface area contributed by atoms with E-state index in [4.69, 9.17) is 0 Å². The monoisotopic (exact) mass is 328 g/mol. The molecule has 0 aliphatic heterocycles. The van der Waals surface area contributed by atoms with Crippen LogP contribution in [0.25, 0.3) is 0 Å². The Bertz CT molecular complexity index is 701. The van der Waals surface area contributed by atoms with Crippen LogP contribution in [0, 0.1) is 12.8 Å². The maximum Gasteiger partial charge on any atom is 0.174 e. The number of carbonyl (C=O) groups excluding carboxylic acids is 2. The van der Waals surface area contributed by atoms with E-state index >= 15 is 0 Å². The fraction of sp³-hybridized carbons (Fsp3) is 0.176. The van der Waals surface area contributed by atoms with Crippen molar-refractivity contribution >= 4 is 27.5 Å². The molecule has 0 saturated heterocycles. The molecule has 1 atom stereocenters. The average molecular weight is 329 g/mol. The number of rotatable bonds is 2. The van der Waals surface area contributed by atoms with E-state index in [0.29, 0.717) is 17.5 Å². The van der Waals surface area contributed by atoms with Crippen LogP contribution in [-0.4, -0.2) is 11.6 Å². The van der Waals surface area contributed by atoms with Gasteiger partial charge in [0.2, 0.25) is 0 Å². The van der Waals surface area contributed by atoms with Crippen LogP contribution < -0.4 is 0 Å². The number of halogens is 1. The normalized spacial score (nSPS) is 17.1. The molecule has 0 amide bonds. The summed E-state index contributed by atoms with van der Waals surface area (Å²) in [5.74, 6) is -0.706. The second-order valence-electron chi connectivity index (χ2n) is 5.15. The minimum absolute atomic E-state index is 0.0573. The molecule has 0 spiro atoms. The minimum Gasteiger partial charge on any atom is -0.293 e. The smallest absolute Gasteiger partial charge is 0.174 e. The van der Waals surface area contributed by atoms with Crippen molar-refractivity contribution in [3.63, 3.8) is 0 Å². The average Bonchev–Trinajstić information content (AvgIpc) is 2.75. The van der Waals surface area contributed by atoms with Gasteiger partial charge in [0.1, 0.15) is 0 Å². The van der Waals surface area contributed by atoms with Gasteiger partial charge in [0.05, 0.1) is 5.92 Å². The van der Waals surface area contributed by atoms with E-state index in [1.165, 1.54) is 0 Å². The van der Waals surface area contributed by atoms with Crippen molar-refractivity contribution in [1.82, 2.24) is 0 Å². The fourth-order valence-electron chi connectivity index (χ4n) is 2.60. The van der Waals surface area contributed by atoms with Gasteiger partial charge in [-0.1, -0.05) is 45.8 Å². The first-order valence-corrected chi connectivity index (χ1v) is 7.29. The molecular formula is C17H13BrO2. The highest BCUT2D eigenvalue weighted by Crippen LogP contribution is 2.31. The van der Waals surface area contributed by atoms with Gasteiger partial charge in [0.25, 0.3) is 0 Å². The van der Waals surface area contributed by atoms with Crippen molar-refractivity contribution in [2.45, 2.75) is 13.3 Å². The Kier molecular flexibility index (Phi) is 3.30. The topological polar surface area (TPSA) is 34.1 Å². The summed E-state index contributed by atoms with van der Waals surface area (Å²) in [6.07, 6.45) is 0.500. The van der Waals surface area contributed by atoms with Gasteiger partial charge in [-0.05, 0) is 37.1 Å². The lowest BCUT2D eigenvalue weighted by atomic mass is 9.94. The van der Waals surface area contributed by atoms with E-state index in [-0.39, 0.29) is 11.6 Å². The number of fused-ring (bicyclic) bond motifs is 1. The summed E-state index contributed by atoms with van der Waals surface area (Å²) in [7, 11) is 0. The van der Waals surface area contributed by atoms with E-state index in [1.54, 1.807) is 18.2 Å². The van der Waals surface area contributed by atoms with Gasteiger partial charge >= 0.3 is 0 Å². The fourth-order valence-corrected chi connectivity index (χ4v) is 3.01. The van der Waals surface area contributed by atoms with Gasteiger partial charge in [-0.25, -0.2) is 0 Å². The summed E-state index contributed by atoms with van der Waals surface area (Å²) < 4.78 is 0.937. The van der Waals surface area contributed by atoms with Crippen molar-refractivity contribution < 1.29 is 9.59 Å². The van der Waals surface area contributed by atoms with Crippen LogP contribution >= 0.6 is 15.9 Å². The lowest BCUT2D eigenvalue weighted by Gasteiger charge is -2.07. The molecule has 3 rings (SSSR count). The molecule has 0 saturated carbocycles. The summed E-state index contributed by atoms with van der Waals surface area (Å²) in [5.41, 5.74) is 3.35. The lowest BCUT2D eigenvalue weighted by molar-refractivity contribution is 0.0822. The molecule has 1 aliphatic rings. The number of hydrogen-bond acceptors (Lipinski definition) is 2. The van der Waals surface area contributed by atoms with Crippen molar-refractivity contribution in [2.24, 2.45) is 5.92 Å². The second kappa shape index (κ2) is 4.98. The molecule has 3 heteroatoms. The zero-order chi connectivity index (χ0) is 14.3. The molecule has 20 heavy (non-hydrogen) atoms. The van der Waals surface area contributed by atoms with Crippen molar-refractivity contribution in [2.75, 3.05) is 0 Å². The van der Waals surface area contributed by atoms with E-state index in [2.05, 4.69) is 15.9 Å². The maximum atomic E-state index is 12.5. The molecule has 0 aromatic heterocycles. The van der Waals surface area contributed by atoms with Crippen molar-refractivity contribution in [1.29, 1.82) is 0 Å². The summed E-state index contributed by atoms with van der Waals surface area (Å²) in [6.45, 7) is 1.97. The summed E-state index contributed by atoms with van der Waals surface area (Å²) in [6, 6.07) is 13.0. The molecule has 100 valence electrons. The molecule has 1 aliphatic carbocycles. The molecule has 0 bridgehead atoms. The number of aryl methyl sites for hydroxylation is 1. The predicted molar refractivity (Wildman–Crippen MR) is 81.2 cm³/mol. The quantitative estimate of drug-likeness (QED) is 0.617. The summed E-state index contributed by atoms with van der Waals surface area (Å²) >= 11 is 3.40. The minimum atomic E-state index is -0.568. The largest absolute Gasteiger partial charge is 0.293 e. The third-order valence-corrected chi connectivity index (χ3v) is 4.22. The van der Waals surface area contributed by atoms with Crippen LogP contribution in [-0.2, 0) is 6.42 Å². The van der Waals surface area contributed by atoms with E-state index in [1.807, 2.05) is 31.2 Å². The van der Waals surface area contributed by atoms with Crippen LogP contribution in [0.15, 0.2) is 46.9 Å². The van der Waals surface area contributed by atoms with Crippen molar-refractivity contribution in [3.05, 3.63) is 69.2 Å². The van der Waals surface area contributed by atoms with Gasteiger partial charge in [0.15, 0.2) is 11.6 Å². The van der Waals surface area contributed by atoms with Crippen LogP contribution in [0.4, 0.5) is 0 Å². The molecule has 2 nitrogen and oxygen atoms in total. The molecule has 0 N–H and O–H groups in total. The van der Waals surface area contributed by atoms with E-state index in [9.17, 15) is 9.59 Å². The summed E-state index contributed by atoms with van der Waals surface area (Å²) in [5, 5.41) is 0. The zero-order valence-electron chi connectivity index (χ0n) is 11.0. The SMILES string of the molecule is Cc1ccc(C(=O)C2Cc3cc(Br)ccc3C2=O)cc1. The Morgan fingerprint density at radius 1 is 1.15 bits per heavy atom.